The summed E-state index contributed by atoms with van der Waals surface area (Å²) >= 11 is 0. The van der Waals surface area contributed by atoms with Gasteiger partial charge in [-0.3, -0.25) is 4.79 Å². The Labute approximate surface area is 134 Å². The molecule has 118 valence electrons. The predicted octanol–water partition coefficient (Wildman–Crippen LogP) is 4.90. The number of unbranched alkanes of at least 4 members (excludes halogenated alkanes) is 1. The van der Waals surface area contributed by atoms with E-state index in [9.17, 15) is 4.79 Å². The van der Waals surface area contributed by atoms with Gasteiger partial charge in [0.25, 0.3) is 5.91 Å². The fourth-order valence-electron chi connectivity index (χ4n) is 3.08. The average Bonchev–Trinajstić information content (AvgIpc) is 2.84. The first kappa shape index (κ1) is 16.5. The molecule has 0 N–H and O–H groups in total. The van der Waals surface area contributed by atoms with Gasteiger partial charge in [0.15, 0.2) is 0 Å². The maximum Gasteiger partial charge on any atom is 0.255 e. The molecule has 1 atom stereocenters. The van der Waals surface area contributed by atoms with E-state index in [-0.39, 0.29) is 11.9 Å². The molecule has 1 heterocycles. The summed E-state index contributed by atoms with van der Waals surface area (Å²) in [4.78, 5) is 14.7. The maximum absolute atomic E-state index is 12.7. The smallest absolute Gasteiger partial charge is 0.255 e. The van der Waals surface area contributed by atoms with E-state index in [0.29, 0.717) is 0 Å². The highest BCUT2D eigenvalue weighted by Crippen LogP contribution is 2.30. The molecule has 0 fully saturated rings. The summed E-state index contributed by atoms with van der Waals surface area (Å²) in [6, 6.07) is 6.24. The Morgan fingerprint density at radius 2 is 2.23 bits per heavy atom. The van der Waals surface area contributed by atoms with Crippen molar-refractivity contribution in [3.63, 3.8) is 0 Å². The molecule has 2 heteroatoms. The first-order valence-corrected chi connectivity index (χ1v) is 8.27. The van der Waals surface area contributed by atoms with Gasteiger partial charge in [0.05, 0.1) is 6.04 Å². The van der Waals surface area contributed by atoms with Gasteiger partial charge in [-0.05, 0) is 49.8 Å². The first-order valence-electron chi connectivity index (χ1n) is 8.27. The molecule has 0 radical (unpaired) electrons. The van der Waals surface area contributed by atoms with E-state index in [1.807, 2.05) is 30.0 Å². The highest BCUT2D eigenvalue weighted by atomic mass is 16.2. The second-order valence-corrected chi connectivity index (χ2v) is 6.28. The van der Waals surface area contributed by atoms with Crippen molar-refractivity contribution in [2.45, 2.75) is 58.5 Å². The minimum absolute atomic E-state index is 0.0932. The molecule has 0 saturated heterocycles. The van der Waals surface area contributed by atoms with Crippen LogP contribution in [0.1, 0.15) is 61.0 Å². The zero-order chi connectivity index (χ0) is 16.1. The molecule has 2 nitrogen and oxygen atoms in total. The largest absolute Gasteiger partial charge is 0.328 e. The van der Waals surface area contributed by atoms with Crippen LogP contribution in [0.15, 0.2) is 43.0 Å². The van der Waals surface area contributed by atoms with Crippen molar-refractivity contribution in [2.75, 3.05) is 0 Å². The van der Waals surface area contributed by atoms with Crippen molar-refractivity contribution >= 4 is 5.91 Å². The van der Waals surface area contributed by atoms with Gasteiger partial charge in [-0.2, -0.15) is 0 Å². The number of carbonyl (C=O) groups is 1. The molecular weight excluding hydrogens is 270 g/mol. The molecule has 1 aliphatic heterocycles. The molecule has 0 spiro atoms. The molecule has 1 amide bonds. The monoisotopic (exact) mass is 297 g/mol. The Morgan fingerprint density at radius 3 is 2.86 bits per heavy atom. The number of allylic oxidation sites excluding steroid dienone is 1. The van der Waals surface area contributed by atoms with Gasteiger partial charge in [-0.25, -0.2) is 0 Å². The van der Waals surface area contributed by atoms with Crippen LogP contribution in [0.4, 0.5) is 0 Å². The molecule has 0 saturated carbocycles. The van der Waals surface area contributed by atoms with E-state index in [1.54, 1.807) is 0 Å². The second kappa shape index (κ2) is 7.44. The van der Waals surface area contributed by atoms with E-state index in [1.165, 1.54) is 24.0 Å². The molecule has 1 unspecified atom stereocenters. The second-order valence-electron chi connectivity index (χ2n) is 6.28. The lowest BCUT2D eigenvalue weighted by Gasteiger charge is -2.25. The Bertz CT molecular complexity index is 573. The number of rotatable bonds is 8. The highest BCUT2D eigenvalue weighted by molar-refractivity contribution is 5.99. The van der Waals surface area contributed by atoms with Gasteiger partial charge >= 0.3 is 0 Å². The minimum atomic E-state index is 0.0932. The number of hydrogen-bond donors (Lipinski definition) is 0. The Kier molecular flexibility index (Phi) is 5.59. The third-order valence-corrected chi connectivity index (χ3v) is 4.43. The molecule has 1 aliphatic rings. The van der Waals surface area contributed by atoms with E-state index >= 15 is 0 Å². The predicted molar refractivity (Wildman–Crippen MR) is 93.0 cm³/mol. The molecule has 1 aromatic carbocycles. The summed E-state index contributed by atoms with van der Waals surface area (Å²) in [5.74, 6) is 0.153. The molecule has 0 aromatic heterocycles. The van der Waals surface area contributed by atoms with Crippen LogP contribution in [0, 0.1) is 0 Å². The summed E-state index contributed by atoms with van der Waals surface area (Å²) in [6.45, 7) is 12.8. The standard InChI is InChI=1S/C20H27NO/c1-5-7-9-16-10-8-11-18-19(16)14-21(20(18)22)17(6-2)13-12-15(3)4/h6,8,10-11,17H,2-3,5,7,9,12-14H2,1,4H3. The van der Waals surface area contributed by atoms with Crippen molar-refractivity contribution in [1.29, 1.82) is 0 Å². The Morgan fingerprint density at radius 1 is 1.45 bits per heavy atom. The summed E-state index contributed by atoms with van der Waals surface area (Å²) in [5.41, 5.74) is 4.59. The molecular formula is C20H27NO. The van der Waals surface area contributed by atoms with Crippen LogP contribution in [0.5, 0.6) is 0 Å². The number of carbonyl (C=O) groups excluding carboxylic acids is 1. The van der Waals surface area contributed by atoms with Crippen molar-refractivity contribution < 1.29 is 4.79 Å². The van der Waals surface area contributed by atoms with E-state index in [2.05, 4.69) is 26.1 Å². The van der Waals surface area contributed by atoms with Crippen LogP contribution < -0.4 is 0 Å². The molecule has 22 heavy (non-hydrogen) atoms. The van der Waals surface area contributed by atoms with E-state index in [0.717, 1.165) is 36.9 Å². The first-order chi connectivity index (χ1) is 10.6. The fourth-order valence-corrected chi connectivity index (χ4v) is 3.08. The number of benzene rings is 1. The van der Waals surface area contributed by atoms with Crippen LogP contribution in [0.2, 0.25) is 0 Å². The zero-order valence-electron chi connectivity index (χ0n) is 13.9. The number of aryl methyl sites for hydroxylation is 1. The minimum Gasteiger partial charge on any atom is -0.328 e. The average molecular weight is 297 g/mol. The lowest BCUT2D eigenvalue weighted by atomic mass is 9.99. The van der Waals surface area contributed by atoms with Crippen molar-refractivity contribution in [1.82, 2.24) is 4.90 Å². The van der Waals surface area contributed by atoms with Gasteiger partial charge in [0, 0.05) is 12.1 Å². The SMILES string of the molecule is C=CC(CCC(=C)C)N1Cc2c(CCCC)cccc2C1=O. The van der Waals surface area contributed by atoms with Crippen LogP contribution in [-0.4, -0.2) is 16.8 Å². The van der Waals surface area contributed by atoms with Gasteiger partial charge in [-0.15, -0.1) is 13.2 Å². The van der Waals surface area contributed by atoms with Crippen molar-refractivity contribution in [2.24, 2.45) is 0 Å². The number of nitrogens with zero attached hydrogens (tertiary/aromatic N) is 1. The highest BCUT2D eigenvalue weighted by Gasteiger charge is 2.32. The molecule has 0 aliphatic carbocycles. The van der Waals surface area contributed by atoms with Crippen LogP contribution in [-0.2, 0) is 13.0 Å². The fraction of sp³-hybridized carbons (Fsp3) is 0.450. The molecule has 1 aromatic rings. The van der Waals surface area contributed by atoms with E-state index in [4.69, 9.17) is 0 Å². The Balaban J connectivity index is 2.19. The molecule has 0 bridgehead atoms. The number of amides is 1. The van der Waals surface area contributed by atoms with Crippen LogP contribution in [0.3, 0.4) is 0 Å². The maximum atomic E-state index is 12.7. The van der Waals surface area contributed by atoms with Crippen LogP contribution in [0.25, 0.3) is 0 Å². The summed E-state index contributed by atoms with van der Waals surface area (Å²) < 4.78 is 0. The van der Waals surface area contributed by atoms with Crippen molar-refractivity contribution in [3.8, 4) is 0 Å². The van der Waals surface area contributed by atoms with Gasteiger partial charge < -0.3 is 4.90 Å². The van der Waals surface area contributed by atoms with E-state index < -0.39 is 0 Å². The molecule has 2 rings (SSSR count). The third-order valence-electron chi connectivity index (χ3n) is 4.43. The lowest BCUT2D eigenvalue weighted by Crippen LogP contribution is -2.34. The zero-order valence-corrected chi connectivity index (χ0v) is 13.9. The van der Waals surface area contributed by atoms with Crippen LogP contribution >= 0.6 is 0 Å². The van der Waals surface area contributed by atoms with Crippen molar-refractivity contribution in [3.05, 3.63) is 59.7 Å². The van der Waals surface area contributed by atoms with Gasteiger partial charge in [0.1, 0.15) is 0 Å². The topological polar surface area (TPSA) is 20.3 Å². The summed E-state index contributed by atoms with van der Waals surface area (Å²) in [6.07, 6.45) is 7.15. The number of hydrogen-bond acceptors (Lipinski definition) is 1. The lowest BCUT2D eigenvalue weighted by molar-refractivity contribution is 0.0731. The summed E-state index contributed by atoms with van der Waals surface area (Å²) in [7, 11) is 0. The number of fused-ring (bicyclic) bond motifs is 1. The van der Waals surface area contributed by atoms with Gasteiger partial charge in [-0.1, -0.05) is 37.1 Å². The summed E-state index contributed by atoms with van der Waals surface area (Å²) in [5, 5.41) is 0. The Hall–Kier alpha value is -1.83. The van der Waals surface area contributed by atoms with Gasteiger partial charge in [0.2, 0.25) is 0 Å². The quantitative estimate of drug-likeness (QED) is 0.625. The normalized spacial score (nSPS) is 14.8. The third kappa shape index (κ3) is 3.49.